The molecule has 5 amide bonds. The van der Waals surface area contributed by atoms with Crippen molar-refractivity contribution < 1.29 is 42.9 Å². The van der Waals surface area contributed by atoms with E-state index < -0.39 is 24.3 Å². The van der Waals surface area contributed by atoms with Gasteiger partial charge in [0.25, 0.3) is 5.91 Å². The number of ether oxygens (including phenoxy) is 4. The molecule has 16 nitrogen and oxygen atoms in total. The van der Waals surface area contributed by atoms with Gasteiger partial charge in [-0.25, -0.2) is 14.6 Å². The van der Waals surface area contributed by atoms with Gasteiger partial charge in [-0.15, -0.1) is 0 Å². The summed E-state index contributed by atoms with van der Waals surface area (Å²) in [7, 11) is 2.59. The number of fused-ring (bicyclic) bond motifs is 1. The van der Waals surface area contributed by atoms with Crippen LogP contribution in [0.2, 0.25) is 0 Å². The minimum Gasteiger partial charge on any atom is -0.453 e. The monoisotopic (exact) mass is 863 g/mol. The lowest BCUT2D eigenvalue weighted by molar-refractivity contribution is -0.137. The highest BCUT2D eigenvalue weighted by atomic mass is 16.5. The summed E-state index contributed by atoms with van der Waals surface area (Å²) in [5.74, 6) is 0.140. The largest absolute Gasteiger partial charge is 0.453 e. The number of benzene rings is 3. The topological polar surface area (TPSA) is 194 Å². The molecule has 4 aromatic rings. The number of likely N-dealkylation sites (tertiary alicyclic amines) is 2. The number of imidazole rings is 1. The molecule has 16 heteroatoms. The number of alkyl carbamates (subject to hydrolysis) is 2. The molecule has 0 radical (unpaired) electrons. The summed E-state index contributed by atoms with van der Waals surface area (Å²) in [6.45, 7) is 3.63. The van der Waals surface area contributed by atoms with Gasteiger partial charge in [-0.1, -0.05) is 42.5 Å². The number of H-pyrrole nitrogens is 1. The van der Waals surface area contributed by atoms with Gasteiger partial charge in [0.1, 0.15) is 17.9 Å². The molecular formula is C47H57N7O9. The third kappa shape index (κ3) is 9.97. The standard InChI is InChI=1S/C47H57N7O9/c1-60-46(58)51-40(31-15-21-62-22-16-31)44(56)53-19-3-5-37(53)27-49-43(55)36-14-13-34-25-33(11-12-35(34)26-36)29-7-9-30(10-8-29)38-28-48-42(50-38)39-6-4-20-54(39)45(57)41(52-47(59)61-2)32-17-23-63-24-18-32/h7-14,25-26,28,31-32,37,39-41H,3-6,15-24,27H2,1-2H3,(H,48,50)(H,49,55)(H,51,58)(H,52,59). The van der Waals surface area contributed by atoms with Crippen molar-refractivity contribution in [3.63, 3.8) is 0 Å². The number of hydrogen-bond acceptors (Lipinski definition) is 10. The fourth-order valence-corrected chi connectivity index (χ4v) is 9.62. The maximum absolute atomic E-state index is 14.0. The maximum Gasteiger partial charge on any atom is 0.407 e. The van der Waals surface area contributed by atoms with Crippen LogP contribution in [0.15, 0.2) is 66.9 Å². The number of carbonyl (C=O) groups is 5. The van der Waals surface area contributed by atoms with Gasteiger partial charge >= 0.3 is 12.2 Å². The van der Waals surface area contributed by atoms with Crippen LogP contribution >= 0.6 is 0 Å². The van der Waals surface area contributed by atoms with Gasteiger partial charge in [0.15, 0.2) is 0 Å². The van der Waals surface area contributed by atoms with Crippen LogP contribution in [0.25, 0.3) is 33.2 Å². The second-order valence-electron chi connectivity index (χ2n) is 16.9. The average molecular weight is 864 g/mol. The highest BCUT2D eigenvalue weighted by molar-refractivity contribution is 5.99. The molecule has 334 valence electrons. The van der Waals surface area contributed by atoms with Crippen LogP contribution in [0.4, 0.5) is 9.59 Å². The van der Waals surface area contributed by atoms with Crippen LogP contribution in [0, 0.1) is 11.8 Å². The van der Waals surface area contributed by atoms with Crippen molar-refractivity contribution in [2.75, 3.05) is 60.3 Å². The van der Waals surface area contributed by atoms with Crippen molar-refractivity contribution in [2.24, 2.45) is 11.8 Å². The lowest BCUT2D eigenvalue weighted by Gasteiger charge is -2.34. The molecular weight excluding hydrogens is 807 g/mol. The summed E-state index contributed by atoms with van der Waals surface area (Å²) in [6, 6.07) is 18.2. The van der Waals surface area contributed by atoms with E-state index in [9.17, 15) is 24.0 Å². The number of methoxy groups -OCH3 is 2. The van der Waals surface area contributed by atoms with Crippen molar-refractivity contribution in [3.05, 3.63) is 78.2 Å². The Labute approximate surface area is 366 Å². The van der Waals surface area contributed by atoms with E-state index >= 15 is 0 Å². The smallest absolute Gasteiger partial charge is 0.407 e. The lowest BCUT2D eigenvalue weighted by Crippen LogP contribution is -2.55. The minimum absolute atomic E-state index is 0.0364. The van der Waals surface area contributed by atoms with Crippen LogP contribution in [-0.4, -0.2) is 128 Å². The summed E-state index contributed by atoms with van der Waals surface area (Å²) in [5, 5.41) is 10.6. The third-order valence-corrected chi connectivity index (χ3v) is 13.2. The maximum atomic E-state index is 14.0. The number of aromatic nitrogens is 2. The summed E-state index contributed by atoms with van der Waals surface area (Å²) < 4.78 is 20.7. The normalized spacial score (nSPS) is 20.5. The van der Waals surface area contributed by atoms with E-state index in [0.717, 1.165) is 58.8 Å². The van der Waals surface area contributed by atoms with Crippen molar-refractivity contribution in [3.8, 4) is 22.4 Å². The van der Waals surface area contributed by atoms with E-state index in [1.807, 2.05) is 47.4 Å². The van der Waals surface area contributed by atoms with E-state index in [1.165, 1.54) is 14.2 Å². The second kappa shape index (κ2) is 20.0. The molecule has 0 bridgehead atoms. The highest BCUT2D eigenvalue weighted by Gasteiger charge is 2.41. The number of carbonyl (C=O) groups excluding carboxylic acids is 5. The number of hydrogen-bond donors (Lipinski definition) is 4. The SMILES string of the molecule is COC(=O)NC(C(=O)N1CCCC1CNC(=O)c1ccc2cc(-c3ccc(-c4cnc(C5CCCN5C(=O)C(NC(=O)OC)C5CCOCC5)[nH]4)cc3)ccc2c1)C1CCOCC1. The Hall–Kier alpha value is -6.00. The molecule has 4 unspecified atom stereocenters. The first-order valence-electron chi connectivity index (χ1n) is 22.1. The molecule has 63 heavy (non-hydrogen) atoms. The van der Waals surface area contributed by atoms with Gasteiger partial charge in [-0.3, -0.25) is 14.4 Å². The molecule has 3 aromatic carbocycles. The Kier molecular flexibility index (Phi) is 13.9. The number of amides is 5. The van der Waals surface area contributed by atoms with Crippen LogP contribution < -0.4 is 16.0 Å². The molecule has 8 rings (SSSR count). The first-order valence-corrected chi connectivity index (χ1v) is 22.1. The molecule has 4 saturated heterocycles. The molecule has 5 heterocycles. The number of aromatic amines is 1. The first kappa shape index (κ1) is 43.6. The summed E-state index contributed by atoms with van der Waals surface area (Å²) >= 11 is 0. The van der Waals surface area contributed by atoms with Crippen molar-refractivity contribution >= 4 is 40.7 Å². The summed E-state index contributed by atoms with van der Waals surface area (Å²) in [6.07, 6.45) is 6.43. The molecule has 4 aliphatic heterocycles. The molecule has 4 aliphatic rings. The number of rotatable bonds is 12. The van der Waals surface area contributed by atoms with Crippen LogP contribution in [0.3, 0.4) is 0 Å². The molecule has 0 spiro atoms. The zero-order valence-electron chi connectivity index (χ0n) is 35.9. The van der Waals surface area contributed by atoms with Crippen LogP contribution in [-0.2, 0) is 28.5 Å². The Morgan fingerprint density at radius 1 is 0.698 bits per heavy atom. The van der Waals surface area contributed by atoms with Gasteiger partial charge in [0, 0.05) is 57.7 Å². The zero-order valence-corrected chi connectivity index (χ0v) is 35.9. The quantitative estimate of drug-likeness (QED) is 0.140. The van der Waals surface area contributed by atoms with E-state index in [-0.39, 0.29) is 41.6 Å². The fraction of sp³-hybridized carbons (Fsp3) is 0.489. The molecule has 4 N–H and O–H groups in total. The Bertz CT molecular complexity index is 2270. The minimum atomic E-state index is -0.708. The second-order valence-corrected chi connectivity index (χ2v) is 16.9. The third-order valence-electron chi connectivity index (χ3n) is 13.2. The Morgan fingerprint density at radius 2 is 1.25 bits per heavy atom. The van der Waals surface area contributed by atoms with Gasteiger partial charge in [-0.2, -0.15) is 0 Å². The Morgan fingerprint density at radius 3 is 1.90 bits per heavy atom. The van der Waals surface area contributed by atoms with Gasteiger partial charge in [-0.05, 0) is 109 Å². The number of nitrogens with zero attached hydrogens (tertiary/aromatic N) is 3. The molecule has 0 saturated carbocycles. The lowest BCUT2D eigenvalue weighted by atomic mass is 9.90. The van der Waals surface area contributed by atoms with Gasteiger partial charge < -0.3 is 49.7 Å². The van der Waals surface area contributed by atoms with Crippen molar-refractivity contribution in [1.29, 1.82) is 0 Å². The fourth-order valence-electron chi connectivity index (χ4n) is 9.62. The molecule has 0 aliphatic carbocycles. The average Bonchev–Trinajstić information content (AvgIpc) is 4.14. The van der Waals surface area contributed by atoms with E-state index in [0.29, 0.717) is 83.1 Å². The highest BCUT2D eigenvalue weighted by Crippen LogP contribution is 2.35. The predicted octanol–water partition coefficient (Wildman–Crippen LogP) is 5.58. The molecule has 1 aromatic heterocycles. The zero-order chi connectivity index (χ0) is 43.9. The van der Waals surface area contributed by atoms with Gasteiger partial charge in [0.05, 0.1) is 32.2 Å². The summed E-state index contributed by atoms with van der Waals surface area (Å²) in [5.41, 5.74) is 4.39. The van der Waals surface area contributed by atoms with Crippen LogP contribution in [0.5, 0.6) is 0 Å². The molecule has 4 fully saturated rings. The van der Waals surface area contributed by atoms with Gasteiger partial charge in [0.2, 0.25) is 11.8 Å². The van der Waals surface area contributed by atoms with Crippen LogP contribution in [0.1, 0.15) is 73.6 Å². The van der Waals surface area contributed by atoms with E-state index in [2.05, 4.69) is 39.1 Å². The number of nitrogens with one attached hydrogen (secondary N) is 4. The van der Waals surface area contributed by atoms with E-state index in [1.54, 1.807) is 11.1 Å². The predicted molar refractivity (Wildman–Crippen MR) is 233 cm³/mol. The first-order chi connectivity index (χ1) is 30.7. The Balaban J connectivity index is 0.888. The summed E-state index contributed by atoms with van der Waals surface area (Å²) in [4.78, 5) is 77.5. The van der Waals surface area contributed by atoms with Crippen molar-refractivity contribution in [2.45, 2.75) is 75.5 Å². The molecule has 4 atom stereocenters. The van der Waals surface area contributed by atoms with Crippen molar-refractivity contribution in [1.82, 2.24) is 35.7 Å². The van der Waals surface area contributed by atoms with E-state index in [4.69, 9.17) is 23.9 Å².